The monoisotopic (exact) mass is 395 g/mol. The van der Waals surface area contributed by atoms with Gasteiger partial charge in [-0.15, -0.1) is 11.3 Å². The fourth-order valence-corrected chi connectivity index (χ4v) is 3.44. The van der Waals surface area contributed by atoms with Gasteiger partial charge in [-0.3, -0.25) is 0 Å². The number of nitriles is 1. The van der Waals surface area contributed by atoms with Crippen LogP contribution < -0.4 is 10.1 Å². The van der Waals surface area contributed by atoms with Crippen LogP contribution in [0.3, 0.4) is 0 Å². The van der Waals surface area contributed by atoms with Gasteiger partial charge in [-0.05, 0) is 55.8 Å². The molecule has 1 heterocycles. The maximum absolute atomic E-state index is 9.52. The molecule has 1 aromatic heterocycles. The number of rotatable bonds is 6. The molecule has 0 amide bonds. The average molecular weight is 396 g/mol. The Morgan fingerprint density at radius 3 is 2.78 bits per heavy atom. The van der Waals surface area contributed by atoms with E-state index in [0.717, 1.165) is 28.3 Å². The van der Waals surface area contributed by atoms with E-state index < -0.39 is 0 Å². The molecule has 0 bridgehead atoms. The Labute approximate surface area is 167 Å². The lowest BCUT2D eigenvalue weighted by molar-refractivity contribution is 0.340. The lowest BCUT2D eigenvalue weighted by Gasteiger charge is -2.07. The minimum atomic E-state index is 0.469. The SMILES string of the molecule is CCOc1ccc(-c2csc(C(C#N)=CNc3cccc(Cl)c3C)n2)cc1. The van der Waals surface area contributed by atoms with Crippen molar-refractivity contribution in [1.29, 1.82) is 5.26 Å². The summed E-state index contributed by atoms with van der Waals surface area (Å²) < 4.78 is 5.46. The van der Waals surface area contributed by atoms with E-state index in [1.165, 1.54) is 11.3 Å². The highest BCUT2D eigenvalue weighted by molar-refractivity contribution is 7.11. The Kier molecular flexibility index (Phi) is 6.12. The molecular formula is C21H18ClN3OS. The van der Waals surface area contributed by atoms with Gasteiger partial charge in [0, 0.05) is 27.9 Å². The van der Waals surface area contributed by atoms with Gasteiger partial charge in [0.25, 0.3) is 0 Å². The summed E-state index contributed by atoms with van der Waals surface area (Å²) in [5, 5.41) is 16.0. The van der Waals surface area contributed by atoms with Crippen LogP contribution in [-0.2, 0) is 0 Å². The Balaban J connectivity index is 1.81. The van der Waals surface area contributed by atoms with E-state index >= 15 is 0 Å². The summed E-state index contributed by atoms with van der Waals surface area (Å²) in [4.78, 5) is 4.60. The van der Waals surface area contributed by atoms with Crippen molar-refractivity contribution >= 4 is 34.2 Å². The minimum absolute atomic E-state index is 0.469. The summed E-state index contributed by atoms with van der Waals surface area (Å²) in [6.45, 7) is 4.52. The Hall–Kier alpha value is -2.81. The number of nitrogens with one attached hydrogen (secondary N) is 1. The number of aromatic nitrogens is 1. The van der Waals surface area contributed by atoms with Crippen molar-refractivity contribution in [3.8, 4) is 23.1 Å². The van der Waals surface area contributed by atoms with Crippen molar-refractivity contribution in [3.63, 3.8) is 0 Å². The third-order valence-electron chi connectivity index (χ3n) is 3.96. The molecule has 0 unspecified atom stereocenters. The molecule has 0 radical (unpaired) electrons. The summed E-state index contributed by atoms with van der Waals surface area (Å²) >= 11 is 7.57. The maximum Gasteiger partial charge on any atom is 0.136 e. The first-order valence-electron chi connectivity index (χ1n) is 8.43. The van der Waals surface area contributed by atoms with Gasteiger partial charge in [0.05, 0.1) is 12.3 Å². The second-order valence-corrected chi connectivity index (χ2v) is 6.99. The lowest BCUT2D eigenvalue weighted by Crippen LogP contribution is -1.94. The summed E-state index contributed by atoms with van der Waals surface area (Å²) in [7, 11) is 0. The van der Waals surface area contributed by atoms with Crippen molar-refractivity contribution in [2.24, 2.45) is 0 Å². The zero-order chi connectivity index (χ0) is 19.2. The fourth-order valence-electron chi connectivity index (χ4n) is 2.47. The van der Waals surface area contributed by atoms with Crippen molar-refractivity contribution in [1.82, 2.24) is 4.98 Å². The van der Waals surface area contributed by atoms with E-state index in [-0.39, 0.29) is 0 Å². The standard InChI is InChI=1S/C21H18ClN3OS/c1-3-26-17-9-7-15(8-10-17)20-13-27-21(25-20)16(11-23)12-24-19-6-4-5-18(22)14(19)2/h4-10,12-13,24H,3H2,1-2H3. The summed E-state index contributed by atoms with van der Waals surface area (Å²) in [6.07, 6.45) is 1.67. The minimum Gasteiger partial charge on any atom is -0.494 e. The van der Waals surface area contributed by atoms with E-state index in [1.54, 1.807) is 6.20 Å². The Bertz CT molecular complexity index is 1000. The zero-order valence-electron chi connectivity index (χ0n) is 15.0. The Morgan fingerprint density at radius 2 is 2.07 bits per heavy atom. The number of anilines is 1. The smallest absolute Gasteiger partial charge is 0.136 e. The van der Waals surface area contributed by atoms with Crippen LogP contribution in [0.1, 0.15) is 17.5 Å². The van der Waals surface area contributed by atoms with Gasteiger partial charge in [0.15, 0.2) is 0 Å². The van der Waals surface area contributed by atoms with E-state index in [2.05, 4.69) is 16.4 Å². The van der Waals surface area contributed by atoms with Crippen LogP contribution >= 0.6 is 22.9 Å². The van der Waals surface area contributed by atoms with Crippen LogP contribution in [0.2, 0.25) is 5.02 Å². The molecule has 0 aliphatic heterocycles. The van der Waals surface area contributed by atoms with Crippen LogP contribution in [0.5, 0.6) is 5.75 Å². The van der Waals surface area contributed by atoms with Crippen LogP contribution in [-0.4, -0.2) is 11.6 Å². The molecule has 0 saturated heterocycles. The topological polar surface area (TPSA) is 57.9 Å². The van der Waals surface area contributed by atoms with E-state index in [9.17, 15) is 5.26 Å². The quantitative estimate of drug-likeness (QED) is 0.508. The van der Waals surface area contributed by atoms with Gasteiger partial charge < -0.3 is 10.1 Å². The molecule has 27 heavy (non-hydrogen) atoms. The summed E-state index contributed by atoms with van der Waals surface area (Å²) in [5.41, 5.74) is 4.08. The van der Waals surface area contributed by atoms with Crippen LogP contribution in [0.4, 0.5) is 5.69 Å². The fraction of sp³-hybridized carbons (Fsp3) is 0.143. The zero-order valence-corrected chi connectivity index (χ0v) is 16.6. The predicted molar refractivity (Wildman–Crippen MR) is 112 cm³/mol. The number of hydrogen-bond donors (Lipinski definition) is 1. The molecule has 4 nitrogen and oxygen atoms in total. The van der Waals surface area contributed by atoms with Crippen LogP contribution in [0.15, 0.2) is 54.0 Å². The first-order chi connectivity index (χ1) is 13.1. The van der Waals surface area contributed by atoms with Crippen molar-refractivity contribution in [2.45, 2.75) is 13.8 Å². The molecule has 0 spiro atoms. The highest BCUT2D eigenvalue weighted by Gasteiger charge is 2.10. The molecule has 0 saturated carbocycles. The first kappa shape index (κ1) is 19.0. The molecule has 1 N–H and O–H groups in total. The molecule has 0 fully saturated rings. The van der Waals surface area contributed by atoms with E-state index in [1.807, 2.05) is 61.7 Å². The number of nitrogens with zero attached hydrogens (tertiary/aromatic N) is 2. The van der Waals surface area contributed by atoms with Gasteiger partial charge in [-0.2, -0.15) is 5.26 Å². The molecule has 0 aliphatic carbocycles. The maximum atomic E-state index is 9.52. The number of ether oxygens (including phenoxy) is 1. The van der Waals surface area contributed by atoms with Gasteiger partial charge in [-0.25, -0.2) is 4.98 Å². The third-order valence-corrected chi connectivity index (χ3v) is 5.24. The van der Waals surface area contributed by atoms with Crippen molar-refractivity contribution < 1.29 is 4.74 Å². The normalized spacial score (nSPS) is 11.1. The Morgan fingerprint density at radius 1 is 1.30 bits per heavy atom. The number of hydrogen-bond acceptors (Lipinski definition) is 5. The molecule has 6 heteroatoms. The molecule has 2 aromatic carbocycles. The predicted octanol–water partition coefficient (Wildman–Crippen LogP) is 6.15. The summed E-state index contributed by atoms with van der Waals surface area (Å²) in [5.74, 6) is 0.829. The van der Waals surface area contributed by atoms with Crippen molar-refractivity contribution in [2.75, 3.05) is 11.9 Å². The average Bonchev–Trinajstić information content (AvgIpc) is 3.16. The molecular weight excluding hydrogens is 378 g/mol. The highest BCUT2D eigenvalue weighted by Crippen LogP contribution is 2.28. The second kappa shape index (κ2) is 8.72. The van der Waals surface area contributed by atoms with Crippen LogP contribution in [0, 0.1) is 18.3 Å². The number of allylic oxidation sites excluding steroid dienone is 1. The molecule has 3 rings (SSSR count). The lowest BCUT2D eigenvalue weighted by atomic mass is 10.2. The van der Waals surface area contributed by atoms with Crippen LogP contribution in [0.25, 0.3) is 16.8 Å². The number of thiazole rings is 1. The first-order valence-corrected chi connectivity index (χ1v) is 9.69. The molecule has 0 atom stereocenters. The molecule has 0 aliphatic rings. The molecule has 136 valence electrons. The largest absolute Gasteiger partial charge is 0.494 e. The van der Waals surface area contributed by atoms with E-state index in [4.69, 9.17) is 16.3 Å². The van der Waals surface area contributed by atoms with Gasteiger partial charge >= 0.3 is 0 Å². The van der Waals surface area contributed by atoms with Gasteiger partial charge in [-0.1, -0.05) is 17.7 Å². The summed E-state index contributed by atoms with van der Waals surface area (Å²) in [6, 6.07) is 15.6. The van der Waals surface area contributed by atoms with E-state index in [0.29, 0.717) is 22.2 Å². The van der Waals surface area contributed by atoms with Crippen molar-refractivity contribution in [3.05, 3.63) is 69.6 Å². The second-order valence-electron chi connectivity index (χ2n) is 5.72. The van der Waals surface area contributed by atoms with Gasteiger partial charge in [0.1, 0.15) is 22.4 Å². The number of benzene rings is 2. The molecule has 3 aromatic rings. The third kappa shape index (κ3) is 4.48. The number of halogens is 1. The highest BCUT2D eigenvalue weighted by atomic mass is 35.5. The van der Waals surface area contributed by atoms with Gasteiger partial charge in [0.2, 0.25) is 0 Å².